The minimum atomic E-state index is -3.45. The van der Waals surface area contributed by atoms with Gasteiger partial charge in [-0.15, -0.1) is 0 Å². The summed E-state index contributed by atoms with van der Waals surface area (Å²) in [5, 5.41) is 3.20. The van der Waals surface area contributed by atoms with E-state index in [0.717, 1.165) is 16.7 Å². The summed E-state index contributed by atoms with van der Waals surface area (Å²) in [6, 6.07) is 9.91. The molecule has 0 aliphatic carbocycles. The van der Waals surface area contributed by atoms with Crippen LogP contribution in [0.25, 0.3) is 0 Å². The molecule has 0 atom stereocenters. The van der Waals surface area contributed by atoms with Crippen molar-refractivity contribution in [2.24, 2.45) is 0 Å². The molecule has 0 radical (unpaired) electrons. The van der Waals surface area contributed by atoms with Gasteiger partial charge >= 0.3 is 98.7 Å². The molecule has 1 aliphatic heterocycles. The Labute approximate surface area is 98.4 Å². The molecule has 1 aromatic carbocycles. The van der Waals surface area contributed by atoms with E-state index in [0.29, 0.717) is 13.2 Å². The van der Waals surface area contributed by atoms with E-state index in [2.05, 4.69) is 5.32 Å². The van der Waals surface area contributed by atoms with Crippen molar-refractivity contribution in [1.29, 1.82) is 0 Å². The Hall–Kier alpha value is 0.189. The van der Waals surface area contributed by atoms with Crippen LogP contribution in [0.5, 0.6) is 0 Å². The zero-order chi connectivity index (χ0) is 10.6. The minimum absolute atomic E-state index is 0.633. The van der Waals surface area contributed by atoms with E-state index in [-0.39, 0.29) is 0 Å². The van der Waals surface area contributed by atoms with Crippen molar-refractivity contribution in [3.63, 3.8) is 0 Å². The number of nitrogens with one attached hydrogen (secondary N) is 1. The number of halogens is 1. The van der Waals surface area contributed by atoms with E-state index in [4.69, 9.17) is 15.1 Å². The molecule has 1 aromatic rings. The van der Waals surface area contributed by atoms with Gasteiger partial charge in [0.1, 0.15) is 0 Å². The van der Waals surface area contributed by atoms with Crippen LogP contribution in [0.4, 0.5) is 0 Å². The first-order valence-corrected chi connectivity index (χ1v) is 12.4. The summed E-state index contributed by atoms with van der Waals surface area (Å²) in [5.41, 5.74) is 0. The second-order valence-corrected chi connectivity index (χ2v) is 13.0. The molecule has 0 spiro atoms. The quantitative estimate of drug-likeness (QED) is 0.768. The first-order valence-electron chi connectivity index (χ1n) is 5.04. The third kappa shape index (κ3) is 3.07. The number of hydrogen-bond donors (Lipinski definition) is 1. The van der Waals surface area contributed by atoms with Crippen LogP contribution in [0.15, 0.2) is 30.3 Å². The van der Waals surface area contributed by atoms with Crippen LogP contribution in [0.1, 0.15) is 0 Å². The maximum atomic E-state index is 6.52. The van der Waals surface area contributed by atoms with E-state index in [1.807, 2.05) is 30.3 Å². The third-order valence-corrected chi connectivity index (χ3v) is 11.4. The van der Waals surface area contributed by atoms with Crippen LogP contribution in [0.3, 0.4) is 0 Å². The van der Waals surface area contributed by atoms with Crippen molar-refractivity contribution in [2.45, 2.75) is 0 Å². The molecule has 1 fully saturated rings. The van der Waals surface area contributed by atoms with Gasteiger partial charge in [0.2, 0.25) is 0 Å². The van der Waals surface area contributed by atoms with Crippen molar-refractivity contribution in [2.75, 3.05) is 26.3 Å². The van der Waals surface area contributed by atoms with Crippen LogP contribution in [0, 0.1) is 0 Å². The van der Waals surface area contributed by atoms with Gasteiger partial charge in [0.05, 0.1) is 0 Å². The molecule has 1 saturated heterocycles. The van der Waals surface area contributed by atoms with Crippen LogP contribution in [-0.2, 0) is 6.15 Å². The van der Waals surface area contributed by atoms with Crippen LogP contribution in [0.2, 0.25) is 0 Å². The normalized spacial score (nSPS) is 21.7. The van der Waals surface area contributed by atoms with E-state index < -0.39 is 18.1 Å². The zero-order valence-corrected chi connectivity index (χ0v) is 12.0. The van der Waals surface area contributed by atoms with Gasteiger partial charge in [0.25, 0.3) is 0 Å². The molecule has 82 valence electrons. The zero-order valence-electron chi connectivity index (χ0n) is 8.41. The summed E-state index contributed by atoms with van der Waals surface area (Å²) in [6.07, 6.45) is 0. The molecule has 0 unspecified atom stereocenters. The Morgan fingerprint density at radius 2 is 1.67 bits per heavy atom. The Morgan fingerprint density at radius 1 is 1.07 bits per heavy atom. The predicted molar refractivity (Wildman–Crippen MR) is 62.5 cm³/mol. The van der Waals surface area contributed by atoms with Crippen molar-refractivity contribution >= 4 is 30.6 Å². The van der Waals surface area contributed by atoms with E-state index >= 15 is 0 Å². The average molecular weight is 334 g/mol. The molecular weight excluding hydrogens is 320 g/mol. The van der Waals surface area contributed by atoms with Gasteiger partial charge in [0, 0.05) is 0 Å². The van der Waals surface area contributed by atoms with E-state index in [1.54, 1.807) is 0 Å². The fourth-order valence-electron chi connectivity index (χ4n) is 1.48. The summed E-state index contributed by atoms with van der Waals surface area (Å²) in [7, 11) is 6.52. The molecule has 3 nitrogen and oxygen atoms in total. The molecule has 0 saturated carbocycles. The van der Waals surface area contributed by atoms with Crippen LogP contribution in [-0.4, -0.2) is 44.4 Å². The van der Waals surface area contributed by atoms with Gasteiger partial charge in [-0.05, 0) is 0 Å². The van der Waals surface area contributed by atoms with Crippen molar-refractivity contribution in [1.82, 2.24) is 5.32 Å². The first-order chi connectivity index (χ1) is 7.31. The van der Waals surface area contributed by atoms with Gasteiger partial charge in [-0.3, -0.25) is 0 Å². The molecule has 2 rings (SSSR count). The van der Waals surface area contributed by atoms with Crippen LogP contribution >= 0.6 is 8.92 Å². The van der Waals surface area contributed by atoms with Gasteiger partial charge < -0.3 is 0 Å². The van der Waals surface area contributed by atoms with E-state index in [1.165, 1.54) is 0 Å². The average Bonchev–Trinajstić information content (AvgIpc) is 2.25. The standard InChI is InChI=1S/C6H5.C4H9NO2.ClH.Sn/c1-2-4-6-5-3-1;6-3-1-5-2-4-7;;/h1-5H;5H,1-4H2;1H;/q;-2;;+3/p-1. The van der Waals surface area contributed by atoms with E-state index in [9.17, 15) is 0 Å². The monoisotopic (exact) mass is 335 g/mol. The third-order valence-electron chi connectivity index (χ3n) is 2.25. The Kier molecular flexibility index (Phi) is 4.28. The number of hydrogen-bond acceptors (Lipinski definition) is 3. The van der Waals surface area contributed by atoms with Crippen molar-refractivity contribution in [3.05, 3.63) is 30.3 Å². The molecule has 1 N–H and O–H groups in total. The van der Waals surface area contributed by atoms with Crippen LogP contribution < -0.4 is 8.90 Å². The molecule has 0 bridgehead atoms. The fraction of sp³-hybridized carbons (Fsp3) is 0.400. The fourth-order valence-corrected chi connectivity index (χ4v) is 8.32. The Morgan fingerprint density at radius 3 is 2.27 bits per heavy atom. The van der Waals surface area contributed by atoms with Gasteiger partial charge in [0.15, 0.2) is 0 Å². The van der Waals surface area contributed by atoms with Crippen molar-refractivity contribution in [3.8, 4) is 0 Å². The second kappa shape index (κ2) is 5.50. The summed E-state index contributed by atoms with van der Waals surface area (Å²) in [4.78, 5) is 0. The summed E-state index contributed by atoms with van der Waals surface area (Å²) >= 11 is -3.45. The molecule has 15 heavy (non-hydrogen) atoms. The Balaban J connectivity index is 2.15. The summed E-state index contributed by atoms with van der Waals surface area (Å²) < 4.78 is 12.5. The topological polar surface area (TPSA) is 30.5 Å². The predicted octanol–water partition coefficient (Wildman–Crippen LogP) is 0.708. The molecule has 1 heterocycles. The molecule has 5 heteroatoms. The molecule has 1 aliphatic rings. The van der Waals surface area contributed by atoms with Gasteiger partial charge in [-0.1, -0.05) is 0 Å². The number of benzene rings is 1. The van der Waals surface area contributed by atoms with Gasteiger partial charge in [-0.2, -0.15) is 0 Å². The first kappa shape index (κ1) is 11.7. The Bertz CT molecular complexity index is 302. The SMILES string of the molecule is [Cl][Sn]1([c]2ccccc2)[O]CCNCC[O]1. The molecule has 0 aromatic heterocycles. The molecule has 0 amide bonds. The van der Waals surface area contributed by atoms with Crippen molar-refractivity contribution < 1.29 is 6.15 Å². The second-order valence-electron chi connectivity index (χ2n) is 3.35. The summed E-state index contributed by atoms with van der Waals surface area (Å²) in [5.74, 6) is 0. The number of rotatable bonds is 1. The molecular formula is C10H14ClNO2Sn. The summed E-state index contributed by atoms with van der Waals surface area (Å²) in [6.45, 7) is 2.96. The maximum absolute atomic E-state index is 6.52. The van der Waals surface area contributed by atoms with Gasteiger partial charge in [-0.25, -0.2) is 0 Å².